The molecule has 0 aliphatic rings. The zero-order valence-corrected chi connectivity index (χ0v) is 11.0. The molecule has 0 aliphatic heterocycles. The number of anilines is 1. The van der Waals surface area contributed by atoms with Crippen molar-refractivity contribution in [3.05, 3.63) is 41.3 Å². The maximum atomic E-state index is 12.8. The summed E-state index contributed by atoms with van der Waals surface area (Å²) in [4.78, 5) is 0. The predicted octanol–water partition coefficient (Wildman–Crippen LogP) is 1.12. The SMILES string of the molecule is Cc1[nH]nc(S(=O)(=O)Nc2ccc(F)cc2)c1CN. The van der Waals surface area contributed by atoms with Gasteiger partial charge >= 0.3 is 0 Å². The number of nitrogens with zero attached hydrogens (tertiary/aromatic N) is 1. The summed E-state index contributed by atoms with van der Waals surface area (Å²) < 4.78 is 39.3. The third-order valence-electron chi connectivity index (χ3n) is 2.59. The van der Waals surface area contributed by atoms with E-state index in [-0.39, 0.29) is 17.3 Å². The average Bonchev–Trinajstić information content (AvgIpc) is 2.74. The number of hydrogen-bond acceptors (Lipinski definition) is 4. The first-order valence-corrected chi connectivity index (χ1v) is 6.94. The second-order valence-electron chi connectivity index (χ2n) is 3.95. The van der Waals surface area contributed by atoms with E-state index in [1.54, 1.807) is 6.92 Å². The number of H-pyrrole nitrogens is 1. The molecule has 0 saturated heterocycles. The van der Waals surface area contributed by atoms with E-state index in [1.807, 2.05) is 0 Å². The minimum Gasteiger partial charge on any atom is -0.326 e. The Labute approximate surface area is 109 Å². The number of aryl methyl sites for hydroxylation is 1. The second kappa shape index (κ2) is 4.98. The maximum Gasteiger partial charge on any atom is 0.281 e. The number of rotatable bonds is 4. The fourth-order valence-electron chi connectivity index (χ4n) is 1.61. The summed E-state index contributed by atoms with van der Waals surface area (Å²) >= 11 is 0. The molecule has 19 heavy (non-hydrogen) atoms. The lowest BCUT2D eigenvalue weighted by Crippen LogP contribution is -2.16. The number of benzene rings is 1. The van der Waals surface area contributed by atoms with Crippen LogP contribution in [-0.2, 0) is 16.6 Å². The van der Waals surface area contributed by atoms with Crippen LogP contribution in [0.15, 0.2) is 29.3 Å². The molecular formula is C11H13FN4O2S. The first kappa shape index (κ1) is 13.5. The molecule has 0 atom stereocenters. The van der Waals surface area contributed by atoms with Crippen molar-refractivity contribution in [2.45, 2.75) is 18.5 Å². The molecule has 1 aromatic carbocycles. The van der Waals surface area contributed by atoms with Gasteiger partial charge in [0.15, 0.2) is 0 Å². The van der Waals surface area contributed by atoms with Crippen LogP contribution in [0.1, 0.15) is 11.3 Å². The predicted molar refractivity (Wildman–Crippen MR) is 68.4 cm³/mol. The van der Waals surface area contributed by atoms with Crippen molar-refractivity contribution in [1.82, 2.24) is 10.2 Å². The Hall–Kier alpha value is -1.93. The Balaban J connectivity index is 2.35. The van der Waals surface area contributed by atoms with Gasteiger partial charge in [0.1, 0.15) is 5.82 Å². The first-order chi connectivity index (χ1) is 8.94. The van der Waals surface area contributed by atoms with Gasteiger partial charge in [-0.05, 0) is 31.2 Å². The van der Waals surface area contributed by atoms with Gasteiger partial charge in [0.05, 0.1) is 0 Å². The van der Waals surface area contributed by atoms with E-state index < -0.39 is 15.8 Å². The molecule has 2 aromatic rings. The number of sulfonamides is 1. The van der Waals surface area contributed by atoms with Crippen LogP contribution in [0.5, 0.6) is 0 Å². The van der Waals surface area contributed by atoms with Gasteiger partial charge < -0.3 is 5.73 Å². The fourth-order valence-corrected chi connectivity index (χ4v) is 2.88. The summed E-state index contributed by atoms with van der Waals surface area (Å²) in [5.74, 6) is -0.443. The Morgan fingerprint density at radius 3 is 2.58 bits per heavy atom. The molecule has 0 fully saturated rings. The number of halogens is 1. The highest BCUT2D eigenvalue weighted by Gasteiger charge is 2.23. The molecule has 0 unspecified atom stereocenters. The van der Waals surface area contributed by atoms with Crippen molar-refractivity contribution in [2.24, 2.45) is 5.73 Å². The lowest BCUT2D eigenvalue weighted by atomic mass is 10.3. The van der Waals surface area contributed by atoms with Crippen molar-refractivity contribution in [3.8, 4) is 0 Å². The van der Waals surface area contributed by atoms with Gasteiger partial charge in [-0.3, -0.25) is 9.82 Å². The van der Waals surface area contributed by atoms with Crippen LogP contribution in [0.25, 0.3) is 0 Å². The van der Waals surface area contributed by atoms with Crippen molar-refractivity contribution in [1.29, 1.82) is 0 Å². The second-order valence-corrected chi connectivity index (χ2v) is 5.55. The smallest absolute Gasteiger partial charge is 0.281 e. The maximum absolute atomic E-state index is 12.8. The number of aromatic nitrogens is 2. The van der Waals surface area contributed by atoms with Crippen LogP contribution in [0.4, 0.5) is 10.1 Å². The molecular weight excluding hydrogens is 271 g/mol. The monoisotopic (exact) mass is 284 g/mol. The molecule has 0 amide bonds. The van der Waals surface area contributed by atoms with Crippen molar-refractivity contribution in [3.63, 3.8) is 0 Å². The largest absolute Gasteiger partial charge is 0.326 e. The van der Waals surface area contributed by atoms with Crippen molar-refractivity contribution >= 4 is 15.7 Å². The number of hydrogen-bond donors (Lipinski definition) is 3. The minimum atomic E-state index is -3.84. The molecule has 0 spiro atoms. The van der Waals surface area contributed by atoms with Crippen LogP contribution in [0.3, 0.4) is 0 Å². The zero-order chi connectivity index (χ0) is 14.0. The summed E-state index contributed by atoms with van der Waals surface area (Å²) in [5.41, 5.74) is 6.78. The minimum absolute atomic E-state index is 0.0575. The average molecular weight is 284 g/mol. The van der Waals surface area contributed by atoms with Gasteiger partial charge in [-0.1, -0.05) is 0 Å². The highest BCUT2D eigenvalue weighted by atomic mass is 32.2. The molecule has 2 rings (SSSR count). The molecule has 102 valence electrons. The Morgan fingerprint density at radius 2 is 2.00 bits per heavy atom. The lowest BCUT2D eigenvalue weighted by Gasteiger charge is -2.07. The molecule has 8 heteroatoms. The molecule has 0 aliphatic carbocycles. The lowest BCUT2D eigenvalue weighted by molar-refractivity contribution is 0.595. The standard InChI is InChI=1S/C11H13FN4O2S/c1-7-10(6-13)11(15-14-7)19(17,18)16-9-4-2-8(12)3-5-9/h2-5,16H,6,13H2,1H3,(H,14,15). The van der Waals surface area contributed by atoms with Crippen LogP contribution in [-0.4, -0.2) is 18.6 Å². The molecule has 0 saturated carbocycles. The molecule has 4 N–H and O–H groups in total. The normalized spacial score (nSPS) is 11.5. The van der Waals surface area contributed by atoms with E-state index in [0.29, 0.717) is 11.3 Å². The van der Waals surface area contributed by atoms with Crippen LogP contribution in [0, 0.1) is 12.7 Å². The van der Waals surface area contributed by atoms with Crippen LogP contribution in [0.2, 0.25) is 0 Å². The summed E-state index contributed by atoms with van der Waals surface area (Å²) in [6.07, 6.45) is 0. The van der Waals surface area contributed by atoms with Gasteiger partial charge in [0.25, 0.3) is 10.0 Å². The Kier molecular flexibility index (Phi) is 3.54. The van der Waals surface area contributed by atoms with Crippen LogP contribution < -0.4 is 10.5 Å². The van der Waals surface area contributed by atoms with Crippen molar-refractivity contribution in [2.75, 3.05) is 4.72 Å². The highest BCUT2D eigenvalue weighted by Crippen LogP contribution is 2.19. The summed E-state index contributed by atoms with van der Waals surface area (Å²) in [6.45, 7) is 1.74. The quantitative estimate of drug-likeness (QED) is 0.783. The van der Waals surface area contributed by atoms with E-state index in [0.717, 1.165) is 12.1 Å². The molecule has 0 radical (unpaired) electrons. The summed E-state index contributed by atoms with van der Waals surface area (Å²) in [5, 5.41) is 6.18. The van der Waals surface area contributed by atoms with E-state index in [9.17, 15) is 12.8 Å². The van der Waals surface area contributed by atoms with Gasteiger partial charge in [0.2, 0.25) is 5.03 Å². The van der Waals surface area contributed by atoms with Crippen LogP contribution >= 0.6 is 0 Å². The molecule has 1 heterocycles. The third-order valence-corrected chi connectivity index (χ3v) is 3.94. The number of nitrogens with two attached hydrogens (primary N) is 1. The summed E-state index contributed by atoms with van der Waals surface area (Å²) in [7, 11) is -3.84. The van der Waals surface area contributed by atoms with Gasteiger partial charge in [0, 0.05) is 23.5 Å². The Morgan fingerprint density at radius 1 is 1.37 bits per heavy atom. The Bertz CT molecular complexity index is 679. The van der Waals surface area contributed by atoms with Gasteiger partial charge in [-0.25, -0.2) is 4.39 Å². The highest BCUT2D eigenvalue weighted by molar-refractivity contribution is 7.92. The topological polar surface area (TPSA) is 101 Å². The molecule has 1 aromatic heterocycles. The van der Waals surface area contributed by atoms with Crippen molar-refractivity contribution < 1.29 is 12.8 Å². The van der Waals surface area contributed by atoms with E-state index >= 15 is 0 Å². The molecule has 6 nitrogen and oxygen atoms in total. The fraction of sp³-hybridized carbons (Fsp3) is 0.182. The van der Waals surface area contributed by atoms with E-state index in [4.69, 9.17) is 5.73 Å². The zero-order valence-electron chi connectivity index (χ0n) is 10.1. The molecule has 0 bridgehead atoms. The number of aromatic amines is 1. The van der Waals surface area contributed by atoms with E-state index in [1.165, 1.54) is 12.1 Å². The number of nitrogens with one attached hydrogen (secondary N) is 2. The first-order valence-electron chi connectivity index (χ1n) is 5.46. The van der Waals surface area contributed by atoms with Gasteiger partial charge in [-0.15, -0.1) is 0 Å². The third kappa shape index (κ3) is 2.74. The van der Waals surface area contributed by atoms with E-state index in [2.05, 4.69) is 14.9 Å². The summed E-state index contributed by atoms with van der Waals surface area (Å²) in [6, 6.07) is 4.98. The van der Waals surface area contributed by atoms with Gasteiger partial charge in [-0.2, -0.15) is 13.5 Å².